The average molecular weight is 1000 g/mol. The van der Waals surface area contributed by atoms with Gasteiger partial charge < -0.3 is 76.9 Å². The first-order valence-corrected chi connectivity index (χ1v) is 23.3. The van der Waals surface area contributed by atoms with Crippen LogP contribution in [0.5, 0.6) is 0 Å². The van der Waals surface area contributed by atoms with E-state index < -0.39 is 104 Å². The number of carbonyl (C=O) groups is 9. The molecule has 10 N–H and O–H groups in total. The summed E-state index contributed by atoms with van der Waals surface area (Å²) in [5, 5.41) is 20.7. The lowest BCUT2D eigenvalue weighted by atomic mass is 9.93. The van der Waals surface area contributed by atoms with E-state index in [-0.39, 0.29) is 26.3 Å². The third-order valence-electron chi connectivity index (χ3n) is 10.8. The summed E-state index contributed by atoms with van der Waals surface area (Å²) in [4.78, 5) is 122. The first-order valence-electron chi connectivity index (χ1n) is 23.3. The highest BCUT2D eigenvalue weighted by Gasteiger charge is 2.45. The Hall–Kier alpha value is -5.01. The minimum Gasteiger partial charge on any atom is -0.377 e. The number of hydrogen-bond donors (Lipinski definition) is 9. The van der Waals surface area contributed by atoms with Crippen LogP contribution in [-0.4, -0.2) is 188 Å². The molecule has 0 aromatic carbocycles. The first kappa shape index (κ1) is 63.0. The predicted molar refractivity (Wildman–Crippen MR) is 258 cm³/mol. The van der Waals surface area contributed by atoms with Gasteiger partial charge >= 0.3 is 0 Å². The van der Waals surface area contributed by atoms with Crippen molar-refractivity contribution in [3.63, 3.8) is 0 Å². The zero-order chi connectivity index (χ0) is 54.2. The van der Waals surface area contributed by atoms with Crippen molar-refractivity contribution < 1.29 is 66.8 Å². The lowest BCUT2D eigenvalue weighted by molar-refractivity contribution is -0.142. The van der Waals surface area contributed by atoms with Crippen molar-refractivity contribution >= 4 is 53.2 Å². The summed E-state index contributed by atoms with van der Waals surface area (Å²) >= 11 is 0. The van der Waals surface area contributed by atoms with Crippen LogP contribution in [-0.2, 0) is 66.8 Å². The van der Waals surface area contributed by atoms with Crippen LogP contribution < -0.4 is 48.3 Å². The number of nitrogens with two attached hydrogens (primary N) is 1. The van der Waals surface area contributed by atoms with Gasteiger partial charge in [0.1, 0.15) is 38.8 Å². The van der Waals surface area contributed by atoms with Gasteiger partial charge in [-0.05, 0) is 111 Å². The summed E-state index contributed by atoms with van der Waals surface area (Å²) in [6.07, 6.45) is 0. The van der Waals surface area contributed by atoms with Crippen molar-refractivity contribution in [1.82, 2.24) is 47.4 Å². The fraction of sp³-hybridized carbons (Fsp3) is 0.804. The number of rotatable bonds is 17. The van der Waals surface area contributed by atoms with Crippen LogP contribution in [0.25, 0.3) is 0 Å². The summed E-state index contributed by atoms with van der Waals surface area (Å²) in [6.45, 7) is 26.0. The van der Waals surface area contributed by atoms with Crippen LogP contribution in [0.15, 0.2) is 0 Å². The first-order chi connectivity index (χ1) is 31.8. The molecule has 1 aliphatic heterocycles. The van der Waals surface area contributed by atoms with Gasteiger partial charge in [-0.3, -0.25) is 43.2 Å². The number of nitrogens with one attached hydrogen (secondary N) is 8. The van der Waals surface area contributed by atoms with Crippen LogP contribution in [0.1, 0.15) is 111 Å². The molecule has 9 amide bonds. The Morgan fingerprint density at radius 2 is 0.543 bits per heavy atom. The molecular weight excluding hydrogens is 917 g/mol. The summed E-state index contributed by atoms with van der Waals surface area (Å²) in [5.41, 5.74) is -6.68. The van der Waals surface area contributed by atoms with Crippen molar-refractivity contribution in [3.05, 3.63) is 0 Å². The Balaban J connectivity index is 2.88. The lowest BCUT2D eigenvalue weighted by Gasteiger charge is -2.37. The van der Waals surface area contributed by atoms with Crippen molar-refractivity contribution in [3.8, 4) is 0 Å². The quantitative estimate of drug-likeness (QED) is 0.0764. The third-order valence-corrected chi connectivity index (χ3v) is 10.8. The van der Waals surface area contributed by atoms with Crippen molar-refractivity contribution in [1.29, 1.82) is 0 Å². The molecule has 1 fully saturated rings. The molecule has 0 unspecified atom stereocenters. The molecule has 0 aliphatic carbocycles. The van der Waals surface area contributed by atoms with Crippen LogP contribution in [0.2, 0.25) is 0 Å². The van der Waals surface area contributed by atoms with Crippen molar-refractivity contribution in [2.75, 3.05) is 85.7 Å². The molecule has 1 rings (SSSR count). The second-order valence-electron chi connectivity index (χ2n) is 21.4. The SMILES string of the molecule is CC(C)(N)C(=O)NC(C)(C)C(=O)NC(C)(C)C(=O)NC(C)(C)C(=O)NC(C)(C)C(=O)NC(C)(C)C(=O)NC(C)(C)C(=O)NC(C)(C)C(=O)NCC(=O)N1CCOCCOCCOCCOCCOCC1. The standard InChI is InChI=1S/C46H84N10O14/c1-39(2,47)31(58)49-41(5,6)33(60)51-43(9,10)35(62)53-45(13,14)37(64)55-46(15,16)38(65)54-44(11,12)36(63)52-42(7,8)34(61)50-40(3,4)32(59)48-29-30(57)56-17-19-66-21-23-68-25-27-70-28-26-69-24-22-67-20-18-56/h17-29,47H2,1-16H3,(H,48,59)(H,49,58)(H,50,61)(H,51,60)(H,52,63)(H,53,62)(H,54,65)(H,55,64). The smallest absolute Gasteiger partial charge is 0.246 e. The highest BCUT2D eigenvalue weighted by Crippen LogP contribution is 2.17. The third kappa shape index (κ3) is 21.1. The molecule has 70 heavy (non-hydrogen) atoms. The average Bonchev–Trinajstić information content (AvgIpc) is 3.21. The van der Waals surface area contributed by atoms with Gasteiger partial charge in [-0.1, -0.05) is 0 Å². The number of hydrogen-bond acceptors (Lipinski definition) is 15. The van der Waals surface area contributed by atoms with E-state index in [1.165, 1.54) is 116 Å². The molecule has 24 nitrogen and oxygen atoms in total. The largest absolute Gasteiger partial charge is 0.377 e. The van der Waals surface area contributed by atoms with E-state index in [4.69, 9.17) is 29.4 Å². The van der Waals surface area contributed by atoms with E-state index in [2.05, 4.69) is 42.5 Å². The predicted octanol–water partition coefficient (Wildman–Crippen LogP) is -1.97. The Labute approximate surface area is 413 Å². The topological polar surface area (TPSA) is 325 Å². The highest BCUT2D eigenvalue weighted by atomic mass is 16.6. The molecule has 0 atom stereocenters. The lowest BCUT2D eigenvalue weighted by Crippen LogP contribution is -2.69. The molecule has 0 radical (unpaired) electrons. The Kier molecular flexibility index (Phi) is 23.3. The van der Waals surface area contributed by atoms with Crippen molar-refractivity contribution in [2.45, 2.75) is 155 Å². The van der Waals surface area contributed by atoms with Gasteiger partial charge in [0, 0.05) is 13.1 Å². The molecule has 0 spiro atoms. The van der Waals surface area contributed by atoms with Gasteiger partial charge in [0.05, 0.1) is 78.2 Å². The van der Waals surface area contributed by atoms with Crippen LogP contribution in [0.3, 0.4) is 0 Å². The fourth-order valence-electron chi connectivity index (χ4n) is 5.66. The van der Waals surface area contributed by atoms with E-state index in [0.29, 0.717) is 52.9 Å². The van der Waals surface area contributed by atoms with E-state index in [1.54, 1.807) is 0 Å². The number of ether oxygens (including phenoxy) is 5. The minimum atomic E-state index is -1.67. The minimum absolute atomic E-state index is 0.211. The van der Waals surface area contributed by atoms with E-state index in [1.807, 2.05) is 0 Å². The van der Waals surface area contributed by atoms with Gasteiger partial charge in [-0.2, -0.15) is 0 Å². The van der Waals surface area contributed by atoms with Crippen LogP contribution in [0, 0.1) is 0 Å². The summed E-state index contributed by atoms with van der Waals surface area (Å²) < 4.78 is 27.6. The van der Waals surface area contributed by atoms with Gasteiger partial charge in [0.15, 0.2) is 0 Å². The summed E-state index contributed by atoms with van der Waals surface area (Å²) in [7, 11) is 0. The fourth-order valence-corrected chi connectivity index (χ4v) is 5.66. The number of amides is 9. The summed E-state index contributed by atoms with van der Waals surface area (Å²) in [5.74, 6) is -6.30. The van der Waals surface area contributed by atoms with Gasteiger partial charge in [-0.15, -0.1) is 0 Å². The maximum atomic E-state index is 13.7. The molecule has 0 aromatic rings. The van der Waals surface area contributed by atoms with E-state index in [0.717, 1.165) is 0 Å². The maximum Gasteiger partial charge on any atom is 0.246 e. The molecule has 0 aromatic heterocycles. The normalized spacial score (nSPS) is 16.2. The Bertz CT molecular complexity index is 1840. The zero-order valence-electron chi connectivity index (χ0n) is 44.4. The molecule has 0 saturated carbocycles. The number of carbonyl (C=O) groups excluding carboxylic acids is 9. The molecular formula is C46H84N10O14. The molecule has 1 heterocycles. The maximum absolute atomic E-state index is 13.7. The number of nitrogens with zero attached hydrogens (tertiary/aromatic N) is 1. The van der Waals surface area contributed by atoms with Crippen molar-refractivity contribution in [2.24, 2.45) is 5.73 Å². The van der Waals surface area contributed by atoms with E-state index >= 15 is 0 Å². The molecule has 1 aliphatic rings. The van der Waals surface area contributed by atoms with Gasteiger partial charge in [0.2, 0.25) is 53.2 Å². The second kappa shape index (κ2) is 25.9. The van der Waals surface area contributed by atoms with Gasteiger partial charge in [-0.25, -0.2) is 0 Å². The van der Waals surface area contributed by atoms with E-state index in [9.17, 15) is 43.2 Å². The molecule has 402 valence electrons. The Morgan fingerprint density at radius 3 is 0.771 bits per heavy atom. The zero-order valence-corrected chi connectivity index (χ0v) is 44.4. The monoisotopic (exact) mass is 1000 g/mol. The van der Waals surface area contributed by atoms with Crippen LogP contribution >= 0.6 is 0 Å². The van der Waals surface area contributed by atoms with Crippen LogP contribution in [0.4, 0.5) is 0 Å². The second-order valence-corrected chi connectivity index (χ2v) is 21.4. The summed E-state index contributed by atoms with van der Waals surface area (Å²) in [6, 6.07) is 0. The Morgan fingerprint density at radius 1 is 0.343 bits per heavy atom. The van der Waals surface area contributed by atoms with Gasteiger partial charge in [0.25, 0.3) is 0 Å². The molecule has 0 bridgehead atoms. The molecule has 1 saturated heterocycles. The highest BCUT2D eigenvalue weighted by molar-refractivity contribution is 6.02. The molecule has 24 heteroatoms.